The number of aliphatic carboxylic acids is 1. The molecule has 0 radical (unpaired) electrons. The highest BCUT2D eigenvalue weighted by Crippen LogP contribution is 2.47. The molecule has 1 N–H and O–H groups in total. The van der Waals surface area contributed by atoms with Crippen molar-refractivity contribution in [1.82, 2.24) is 0 Å². The number of hydrogen-bond donors (Lipinski definition) is 1. The number of aryl methyl sites for hydroxylation is 1. The van der Waals surface area contributed by atoms with Crippen molar-refractivity contribution in [1.29, 1.82) is 0 Å². The standard InChI is InChI=1S/C25H19BrClNO5/c1-13-2-5-16(12-19(13)27)28-23(14-3-7-20-21(10-14)33-9-8-32-20)22(25(30)31)17-6-4-15(26)11-18(17)24(28)29/h2-7,10-12,22-23H,8-9H2,1H3,(H,30,31)/t22-,23+/m0/s1. The van der Waals surface area contributed by atoms with Gasteiger partial charge in [-0.25, -0.2) is 0 Å². The molecule has 2 aliphatic rings. The van der Waals surface area contributed by atoms with E-state index in [2.05, 4.69) is 15.9 Å². The van der Waals surface area contributed by atoms with Crippen molar-refractivity contribution in [2.24, 2.45) is 0 Å². The predicted octanol–water partition coefficient (Wildman–Crippen LogP) is 5.75. The number of fused-ring (bicyclic) bond motifs is 2. The Bertz CT molecular complexity index is 1290. The number of halogens is 2. The molecule has 0 saturated carbocycles. The summed E-state index contributed by atoms with van der Waals surface area (Å²) in [5.41, 5.74) is 2.81. The fraction of sp³-hybridized carbons (Fsp3) is 0.200. The van der Waals surface area contributed by atoms with Crippen LogP contribution in [0.3, 0.4) is 0 Å². The molecule has 3 aromatic rings. The Morgan fingerprint density at radius 1 is 1.06 bits per heavy atom. The molecule has 0 aliphatic carbocycles. The molecule has 2 heterocycles. The number of ether oxygens (including phenoxy) is 2. The van der Waals surface area contributed by atoms with Gasteiger partial charge in [0.25, 0.3) is 5.91 Å². The third-order valence-corrected chi connectivity index (χ3v) is 6.90. The zero-order valence-electron chi connectivity index (χ0n) is 17.5. The lowest BCUT2D eigenvalue weighted by molar-refractivity contribution is -0.139. The zero-order chi connectivity index (χ0) is 23.3. The van der Waals surface area contributed by atoms with Gasteiger partial charge in [0.2, 0.25) is 0 Å². The van der Waals surface area contributed by atoms with Crippen LogP contribution in [-0.4, -0.2) is 30.2 Å². The minimum Gasteiger partial charge on any atom is -0.486 e. The second-order valence-corrected chi connectivity index (χ2v) is 9.33. The maximum absolute atomic E-state index is 13.8. The normalized spacial score (nSPS) is 19.2. The average molecular weight is 529 g/mol. The zero-order valence-corrected chi connectivity index (χ0v) is 19.9. The summed E-state index contributed by atoms with van der Waals surface area (Å²) in [6, 6.07) is 14.9. The van der Waals surface area contributed by atoms with Crippen molar-refractivity contribution < 1.29 is 24.2 Å². The SMILES string of the molecule is Cc1ccc(N2C(=O)c3cc(Br)ccc3[C@H](C(=O)O)[C@H]2c2ccc3c(c2)OCCO3)cc1Cl. The van der Waals surface area contributed by atoms with Crippen LogP contribution in [0.4, 0.5) is 5.69 Å². The van der Waals surface area contributed by atoms with Gasteiger partial charge in [-0.1, -0.05) is 45.7 Å². The molecule has 0 saturated heterocycles. The second kappa shape index (κ2) is 8.39. The summed E-state index contributed by atoms with van der Waals surface area (Å²) in [4.78, 5) is 28.0. The number of carboxylic acid groups (broad SMARTS) is 1. The average Bonchev–Trinajstić information content (AvgIpc) is 2.80. The molecule has 8 heteroatoms. The molecule has 2 aliphatic heterocycles. The van der Waals surface area contributed by atoms with Gasteiger partial charge in [-0.2, -0.15) is 0 Å². The van der Waals surface area contributed by atoms with Crippen molar-refractivity contribution in [3.05, 3.63) is 86.3 Å². The van der Waals surface area contributed by atoms with Crippen molar-refractivity contribution in [2.75, 3.05) is 18.1 Å². The van der Waals surface area contributed by atoms with Gasteiger partial charge in [0.1, 0.15) is 19.1 Å². The van der Waals surface area contributed by atoms with Crippen LogP contribution in [0.1, 0.15) is 39.0 Å². The largest absolute Gasteiger partial charge is 0.486 e. The van der Waals surface area contributed by atoms with E-state index in [4.69, 9.17) is 21.1 Å². The topological polar surface area (TPSA) is 76.1 Å². The highest BCUT2D eigenvalue weighted by molar-refractivity contribution is 9.10. The number of benzene rings is 3. The molecule has 1 amide bonds. The molecule has 3 aromatic carbocycles. The van der Waals surface area contributed by atoms with Crippen LogP contribution in [0.2, 0.25) is 5.02 Å². The van der Waals surface area contributed by atoms with Gasteiger partial charge in [-0.3, -0.25) is 14.5 Å². The van der Waals surface area contributed by atoms with Gasteiger partial charge >= 0.3 is 5.97 Å². The number of amides is 1. The van der Waals surface area contributed by atoms with Crippen LogP contribution in [0.25, 0.3) is 0 Å². The van der Waals surface area contributed by atoms with Crippen molar-refractivity contribution >= 4 is 45.1 Å². The maximum atomic E-state index is 13.8. The van der Waals surface area contributed by atoms with Gasteiger partial charge < -0.3 is 14.6 Å². The highest BCUT2D eigenvalue weighted by atomic mass is 79.9. The lowest BCUT2D eigenvalue weighted by atomic mass is 9.79. The van der Waals surface area contributed by atoms with Crippen LogP contribution in [0.5, 0.6) is 11.5 Å². The summed E-state index contributed by atoms with van der Waals surface area (Å²) in [5.74, 6) is -1.22. The Labute approximate surface area is 203 Å². The Kier molecular flexibility index (Phi) is 5.54. The van der Waals surface area contributed by atoms with E-state index in [1.807, 2.05) is 13.0 Å². The first-order chi connectivity index (χ1) is 15.8. The molecule has 0 spiro atoms. The van der Waals surface area contributed by atoms with E-state index in [0.717, 1.165) is 5.56 Å². The van der Waals surface area contributed by atoms with Gasteiger partial charge in [-0.05, 0) is 60.0 Å². The number of carbonyl (C=O) groups is 2. The number of carbonyl (C=O) groups excluding carboxylic acids is 1. The monoisotopic (exact) mass is 527 g/mol. The van der Waals surface area contributed by atoms with E-state index >= 15 is 0 Å². The molecule has 0 bridgehead atoms. The Balaban J connectivity index is 1.76. The molecular weight excluding hydrogens is 510 g/mol. The molecule has 33 heavy (non-hydrogen) atoms. The van der Waals surface area contributed by atoms with E-state index in [1.165, 1.54) is 4.90 Å². The number of anilines is 1. The van der Waals surface area contributed by atoms with Gasteiger partial charge in [0, 0.05) is 20.7 Å². The summed E-state index contributed by atoms with van der Waals surface area (Å²) < 4.78 is 12.1. The van der Waals surface area contributed by atoms with Gasteiger partial charge in [-0.15, -0.1) is 0 Å². The van der Waals surface area contributed by atoms with Crippen molar-refractivity contribution in [2.45, 2.75) is 18.9 Å². The van der Waals surface area contributed by atoms with Crippen LogP contribution in [0, 0.1) is 6.92 Å². The van der Waals surface area contributed by atoms with E-state index < -0.39 is 17.9 Å². The van der Waals surface area contributed by atoms with Crippen molar-refractivity contribution in [3.8, 4) is 11.5 Å². The number of nitrogens with zero attached hydrogens (tertiary/aromatic N) is 1. The minimum absolute atomic E-state index is 0.302. The molecular formula is C25H19BrClNO5. The third-order valence-electron chi connectivity index (χ3n) is 6.00. The fourth-order valence-electron chi connectivity index (χ4n) is 4.42. The van der Waals surface area contributed by atoms with E-state index in [1.54, 1.807) is 48.5 Å². The van der Waals surface area contributed by atoms with Crippen LogP contribution < -0.4 is 14.4 Å². The van der Waals surface area contributed by atoms with Crippen LogP contribution >= 0.6 is 27.5 Å². The van der Waals surface area contributed by atoms with Crippen molar-refractivity contribution in [3.63, 3.8) is 0 Å². The summed E-state index contributed by atoms with van der Waals surface area (Å²) in [6.45, 7) is 2.72. The first-order valence-corrected chi connectivity index (χ1v) is 11.5. The molecule has 168 valence electrons. The predicted molar refractivity (Wildman–Crippen MR) is 128 cm³/mol. The second-order valence-electron chi connectivity index (χ2n) is 8.00. The highest BCUT2D eigenvalue weighted by Gasteiger charge is 2.45. The molecule has 0 unspecified atom stereocenters. The first-order valence-electron chi connectivity index (χ1n) is 10.4. The lowest BCUT2D eigenvalue weighted by Gasteiger charge is -2.41. The lowest BCUT2D eigenvalue weighted by Crippen LogP contribution is -2.45. The molecule has 0 fully saturated rings. The minimum atomic E-state index is -1.03. The number of rotatable bonds is 3. The Hall–Kier alpha value is -3.03. The van der Waals surface area contributed by atoms with Gasteiger partial charge in [0.05, 0.1) is 6.04 Å². The molecule has 2 atom stereocenters. The van der Waals surface area contributed by atoms with E-state index in [9.17, 15) is 14.7 Å². The van der Waals surface area contributed by atoms with Gasteiger partial charge in [0.15, 0.2) is 11.5 Å². The molecule has 0 aromatic heterocycles. The third kappa shape index (κ3) is 3.75. The fourth-order valence-corrected chi connectivity index (χ4v) is 4.96. The van der Waals surface area contributed by atoms with Crippen LogP contribution in [0.15, 0.2) is 59.1 Å². The first kappa shape index (κ1) is 21.8. The van der Waals surface area contributed by atoms with Crippen LogP contribution in [-0.2, 0) is 4.79 Å². The van der Waals surface area contributed by atoms with E-state index in [0.29, 0.717) is 56.6 Å². The quantitative estimate of drug-likeness (QED) is 0.468. The Morgan fingerprint density at radius 2 is 1.82 bits per heavy atom. The smallest absolute Gasteiger partial charge is 0.313 e. The number of hydrogen-bond acceptors (Lipinski definition) is 4. The van der Waals surface area contributed by atoms with E-state index in [-0.39, 0.29) is 5.91 Å². The number of carboxylic acids is 1. The summed E-state index contributed by atoms with van der Waals surface area (Å²) >= 11 is 9.80. The summed E-state index contributed by atoms with van der Waals surface area (Å²) in [7, 11) is 0. The maximum Gasteiger partial charge on any atom is 0.313 e. The molecule has 6 nitrogen and oxygen atoms in total. The Morgan fingerprint density at radius 3 is 2.55 bits per heavy atom. The molecule has 5 rings (SSSR count). The summed E-state index contributed by atoms with van der Waals surface area (Å²) in [5, 5.41) is 10.8. The summed E-state index contributed by atoms with van der Waals surface area (Å²) in [6.07, 6.45) is 0.